The van der Waals surface area contributed by atoms with Gasteiger partial charge in [-0.2, -0.15) is 23.1 Å². The number of fused-ring (bicyclic) bond motifs is 3. The Hall–Kier alpha value is -4.54. The molecule has 1 N–H and O–H groups in total. The molecule has 1 amide bonds. The number of hydrogen-bond donors (Lipinski definition) is 1. The fourth-order valence-corrected chi connectivity index (χ4v) is 4.05. The summed E-state index contributed by atoms with van der Waals surface area (Å²) < 4.78 is 40.4. The number of carbonyl (C=O) groups excluding carboxylic acids is 1. The molecule has 0 unspecified atom stereocenters. The molecule has 0 aliphatic heterocycles. The maximum atomic E-state index is 13.3. The van der Waals surface area contributed by atoms with E-state index in [0.717, 1.165) is 12.1 Å². The van der Waals surface area contributed by atoms with Crippen molar-refractivity contribution in [1.29, 1.82) is 0 Å². The first-order valence-electron chi connectivity index (χ1n) is 10.9. The number of nitrogens with zero attached hydrogens (tertiary/aromatic N) is 5. The summed E-state index contributed by atoms with van der Waals surface area (Å²) in [5.41, 5.74) is 0.566. The Bertz CT molecular complexity index is 1660. The molecule has 3 heterocycles. The van der Waals surface area contributed by atoms with Crippen LogP contribution >= 0.6 is 0 Å². The molecule has 0 spiro atoms. The zero-order valence-corrected chi connectivity index (χ0v) is 19.1. The van der Waals surface area contributed by atoms with Gasteiger partial charge < -0.3 is 5.32 Å². The van der Waals surface area contributed by atoms with Crippen LogP contribution in [0.1, 0.15) is 34.6 Å². The van der Waals surface area contributed by atoms with Gasteiger partial charge in [-0.25, -0.2) is 0 Å². The van der Waals surface area contributed by atoms with Crippen molar-refractivity contribution in [2.45, 2.75) is 19.1 Å². The third kappa shape index (κ3) is 4.08. The Morgan fingerprint density at radius 3 is 2.39 bits per heavy atom. The first kappa shape index (κ1) is 23.2. The lowest BCUT2D eigenvalue weighted by Gasteiger charge is -2.15. The second-order valence-corrected chi connectivity index (χ2v) is 8.25. The number of halogens is 3. The molecule has 0 aliphatic carbocycles. The molecule has 0 bridgehead atoms. The zero-order chi connectivity index (χ0) is 25.6. The van der Waals surface area contributed by atoms with Gasteiger partial charge in [-0.1, -0.05) is 6.07 Å². The maximum Gasteiger partial charge on any atom is 0.416 e. The van der Waals surface area contributed by atoms with E-state index < -0.39 is 17.3 Å². The van der Waals surface area contributed by atoms with Crippen LogP contribution in [0.15, 0.2) is 71.7 Å². The van der Waals surface area contributed by atoms with E-state index in [9.17, 15) is 22.8 Å². The number of alkyl halides is 3. The van der Waals surface area contributed by atoms with E-state index in [-0.39, 0.29) is 28.7 Å². The molecule has 1 atom stereocenters. The summed E-state index contributed by atoms with van der Waals surface area (Å²) in [5, 5.41) is 11.8. The molecule has 0 radical (unpaired) electrons. The SMILES string of the molecule is C[C@H](NC(=O)c1ccc2c(c1)c1nn(C)nc1c(=O)n2-c1ccc(C(F)(F)F)cc1)c1ccccn1. The number of aryl methyl sites for hydroxylation is 1. The molecule has 5 rings (SSSR count). The van der Waals surface area contributed by atoms with Crippen LogP contribution in [0.5, 0.6) is 0 Å². The average molecular weight is 492 g/mol. The van der Waals surface area contributed by atoms with Gasteiger partial charge in [-0.05, 0) is 61.5 Å². The molecule has 0 fully saturated rings. The van der Waals surface area contributed by atoms with Gasteiger partial charge in [0.25, 0.3) is 11.5 Å². The minimum Gasteiger partial charge on any atom is -0.344 e. The van der Waals surface area contributed by atoms with E-state index in [1.165, 1.54) is 21.5 Å². The van der Waals surface area contributed by atoms with E-state index in [1.54, 1.807) is 43.6 Å². The highest BCUT2D eigenvalue weighted by Crippen LogP contribution is 2.30. The van der Waals surface area contributed by atoms with Crippen molar-refractivity contribution in [1.82, 2.24) is 29.9 Å². The Morgan fingerprint density at radius 1 is 1.00 bits per heavy atom. The Kier molecular flexibility index (Phi) is 5.54. The van der Waals surface area contributed by atoms with Crippen molar-refractivity contribution in [2.24, 2.45) is 7.05 Å². The van der Waals surface area contributed by atoms with Gasteiger partial charge in [0.2, 0.25) is 0 Å². The molecule has 8 nitrogen and oxygen atoms in total. The van der Waals surface area contributed by atoms with Gasteiger partial charge in [0, 0.05) is 29.9 Å². The topological polar surface area (TPSA) is 94.7 Å². The van der Waals surface area contributed by atoms with Crippen molar-refractivity contribution >= 4 is 27.8 Å². The number of hydrogen-bond acceptors (Lipinski definition) is 5. The highest BCUT2D eigenvalue weighted by molar-refractivity contribution is 6.06. The molecule has 0 saturated heterocycles. The fourth-order valence-electron chi connectivity index (χ4n) is 4.05. The monoisotopic (exact) mass is 492 g/mol. The minimum atomic E-state index is -4.50. The summed E-state index contributed by atoms with van der Waals surface area (Å²) in [7, 11) is 1.55. The smallest absolute Gasteiger partial charge is 0.344 e. The largest absolute Gasteiger partial charge is 0.416 e. The molecule has 182 valence electrons. The van der Waals surface area contributed by atoms with E-state index in [4.69, 9.17) is 0 Å². The van der Waals surface area contributed by atoms with Crippen molar-refractivity contribution in [3.05, 3.63) is 94.0 Å². The number of amides is 1. The number of nitrogens with one attached hydrogen (secondary N) is 1. The van der Waals surface area contributed by atoms with Gasteiger partial charge in [-0.15, -0.1) is 5.10 Å². The van der Waals surface area contributed by atoms with Crippen LogP contribution in [-0.2, 0) is 13.2 Å². The highest BCUT2D eigenvalue weighted by Gasteiger charge is 2.30. The van der Waals surface area contributed by atoms with Gasteiger partial charge in [-0.3, -0.25) is 19.1 Å². The van der Waals surface area contributed by atoms with Crippen LogP contribution in [0.4, 0.5) is 13.2 Å². The Morgan fingerprint density at radius 2 is 1.72 bits per heavy atom. The quantitative estimate of drug-likeness (QED) is 0.406. The summed E-state index contributed by atoms with van der Waals surface area (Å²) in [6.07, 6.45) is -2.87. The van der Waals surface area contributed by atoms with E-state index in [1.807, 2.05) is 13.0 Å². The summed E-state index contributed by atoms with van der Waals surface area (Å²) in [6, 6.07) is 14.0. The third-order valence-electron chi connectivity index (χ3n) is 5.81. The van der Waals surface area contributed by atoms with Gasteiger partial charge in [0.05, 0.1) is 22.8 Å². The van der Waals surface area contributed by atoms with Crippen LogP contribution in [0.3, 0.4) is 0 Å². The van der Waals surface area contributed by atoms with E-state index in [0.29, 0.717) is 22.2 Å². The molecule has 0 saturated carbocycles. The van der Waals surface area contributed by atoms with Crippen LogP contribution in [-0.4, -0.2) is 30.5 Å². The lowest BCUT2D eigenvalue weighted by molar-refractivity contribution is -0.137. The molecule has 5 aromatic rings. The maximum absolute atomic E-state index is 13.3. The Balaban J connectivity index is 1.63. The van der Waals surface area contributed by atoms with Crippen LogP contribution in [0, 0.1) is 0 Å². The van der Waals surface area contributed by atoms with Crippen LogP contribution < -0.4 is 10.9 Å². The van der Waals surface area contributed by atoms with Gasteiger partial charge in [0.15, 0.2) is 5.52 Å². The van der Waals surface area contributed by atoms with E-state index in [2.05, 4.69) is 20.5 Å². The average Bonchev–Trinajstić information content (AvgIpc) is 3.26. The van der Waals surface area contributed by atoms with Crippen molar-refractivity contribution < 1.29 is 18.0 Å². The van der Waals surface area contributed by atoms with Crippen molar-refractivity contribution in [2.75, 3.05) is 0 Å². The van der Waals surface area contributed by atoms with Crippen LogP contribution in [0.2, 0.25) is 0 Å². The normalized spacial score (nSPS) is 12.7. The molecule has 36 heavy (non-hydrogen) atoms. The minimum absolute atomic E-state index is 0.0318. The van der Waals surface area contributed by atoms with Gasteiger partial charge in [0.1, 0.15) is 5.52 Å². The third-order valence-corrected chi connectivity index (χ3v) is 5.81. The second kappa shape index (κ2) is 8.59. The standard InChI is InChI=1S/C25H19F3N6O2/c1-14(19-5-3-4-12-29-19)30-23(35)15-6-11-20-18(13-15)21-22(32-33(2)31-21)24(36)34(20)17-9-7-16(8-10-17)25(26,27)28/h3-14H,1-2H3,(H,30,35)/t14-/m0/s1. The molecule has 3 aromatic heterocycles. The molecule has 11 heteroatoms. The summed E-state index contributed by atoms with van der Waals surface area (Å²) in [4.78, 5) is 31.8. The second-order valence-electron chi connectivity index (χ2n) is 8.25. The molecule has 2 aromatic carbocycles. The predicted molar refractivity (Wildman–Crippen MR) is 127 cm³/mol. The van der Waals surface area contributed by atoms with Crippen LogP contribution in [0.25, 0.3) is 27.6 Å². The summed E-state index contributed by atoms with van der Waals surface area (Å²) in [5.74, 6) is -0.362. The lowest BCUT2D eigenvalue weighted by Crippen LogP contribution is -2.27. The van der Waals surface area contributed by atoms with Crippen molar-refractivity contribution in [3.63, 3.8) is 0 Å². The number of aromatic nitrogens is 5. The lowest BCUT2D eigenvalue weighted by atomic mass is 10.1. The first-order chi connectivity index (χ1) is 17.1. The zero-order valence-electron chi connectivity index (χ0n) is 19.1. The highest BCUT2D eigenvalue weighted by atomic mass is 19.4. The Labute approximate surface area is 202 Å². The van der Waals surface area contributed by atoms with Crippen molar-refractivity contribution in [3.8, 4) is 5.69 Å². The summed E-state index contributed by atoms with van der Waals surface area (Å²) in [6.45, 7) is 1.81. The summed E-state index contributed by atoms with van der Waals surface area (Å²) >= 11 is 0. The predicted octanol–water partition coefficient (Wildman–Crippen LogP) is 4.18. The number of rotatable bonds is 4. The van der Waals surface area contributed by atoms with E-state index >= 15 is 0 Å². The fraction of sp³-hybridized carbons (Fsp3) is 0.160. The molecule has 0 aliphatic rings. The number of pyridine rings is 2. The molecular weight excluding hydrogens is 473 g/mol. The number of carbonyl (C=O) groups is 1. The van der Waals surface area contributed by atoms with Gasteiger partial charge >= 0.3 is 6.18 Å². The first-order valence-corrected chi connectivity index (χ1v) is 10.9. The molecular formula is C25H19F3N6O2. The number of benzene rings is 2.